The predicted octanol–water partition coefficient (Wildman–Crippen LogP) is 4.56. The van der Waals surface area contributed by atoms with E-state index in [1.807, 2.05) is 18.2 Å². The highest BCUT2D eigenvalue weighted by atomic mass is 19.1. The smallest absolute Gasteiger partial charge is 0.143 e. The van der Waals surface area contributed by atoms with Crippen molar-refractivity contribution in [2.45, 2.75) is 6.04 Å². The number of benzene rings is 3. The number of aromatic amines is 1. The molecular formula is C26H21F2N5O. The molecule has 0 aliphatic carbocycles. The molecule has 1 N–H and O–H groups in total. The Hall–Kier alpha value is -3.96. The Kier molecular flexibility index (Phi) is 4.74. The lowest BCUT2D eigenvalue weighted by molar-refractivity contribution is 0.188. The van der Waals surface area contributed by atoms with Crippen LogP contribution in [0.3, 0.4) is 0 Å². The molecule has 3 heterocycles. The molecule has 1 aromatic heterocycles. The van der Waals surface area contributed by atoms with Gasteiger partial charge in [0.1, 0.15) is 29.7 Å². The summed E-state index contributed by atoms with van der Waals surface area (Å²) in [5.41, 5.74) is 3.28. The van der Waals surface area contributed by atoms with Crippen LogP contribution >= 0.6 is 0 Å². The summed E-state index contributed by atoms with van der Waals surface area (Å²) in [6, 6.07) is 15.3. The van der Waals surface area contributed by atoms with Gasteiger partial charge in [-0.05, 0) is 43.4 Å². The number of H-pyrrole nitrogens is 1. The van der Waals surface area contributed by atoms with Crippen LogP contribution < -0.4 is 9.64 Å². The molecule has 1 fully saturated rings. The summed E-state index contributed by atoms with van der Waals surface area (Å²) >= 11 is 0. The topological polar surface area (TPSA) is 68.2 Å². The molecule has 0 radical (unpaired) electrons. The van der Waals surface area contributed by atoms with Gasteiger partial charge in [0.25, 0.3) is 0 Å². The SMILES string of the molecule is CN1CCN2c3ccc(-c4n[nH]c5cc(C#N)c(-c6c(F)cccc6F)cc45)cc3OCC2C1. The van der Waals surface area contributed by atoms with Crippen LogP contribution in [-0.2, 0) is 0 Å². The molecule has 34 heavy (non-hydrogen) atoms. The van der Waals surface area contributed by atoms with E-state index in [0.29, 0.717) is 29.2 Å². The number of aromatic nitrogens is 2. The fraction of sp³-hybridized carbons (Fsp3) is 0.231. The Morgan fingerprint density at radius 3 is 2.74 bits per heavy atom. The Morgan fingerprint density at radius 1 is 1.12 bits per heavy atom. The second-order valence-corrected chi connectivity index (χ2v) is 8.83. The monoisotopic (exact) mass is 457 g/mol. The number of nitrogens with zero attached hydrogens (tertiary/aromatic N) is 4. The Labute approximate surface area is 195 Å². The highest BCUT2D eigenvalue weighted by molar-refractivity contribution is 5.98. The molecule has 0 bridgehead atoms. The average molecular weight is 457 g/mol. The summed E-state index contributed by atoms with van der Waals surface area (Å²) in [6.07, 6.45) is 0. The van der Waals surface area contributed by atoms with Crippen molar-refractivity contribution in [3.8, 4) is 34.2 Å². The third-order valence-corrected chi connectivity index (χ3v) is 6.71. The number of piperazine rings is 1. The molecular weight excluding hydrogens is 436 g/mol. The summed E-state index contributed by atoms with van der Waals surface area (Å²) < 4.78 is 35.2. The number of nitrogens with one attached hydrogen (secondary N) is 1. The van der Waals surface area contributed by atoms with E-state index in [2.05, 4.69) is 33.1 Å². The van der Waals surface area contributed by atoms with Crippen LogP contribution in [0.2, 0.25) is 0 Å². The first-order chi connectivity index (χ1) is 16.5. The Morgan fingerprint density at radius 2 is 1.94 bits per heavy atom. The molecule has 2 aliphatic rings. The van der Waals surface area contributed by atoms with Gasteiger partial charge in [-0.2, -0.15) is 10.4 Å². The van der Waals surface area contributed by atoms with E-state index in [-0.39, 0.29) is 16.7 Å². The molecule has 3 aromatic carbocycles. The summed E-state index contributed by atoms with van der Waals surface area (Å²) in [5.74, 6) is -0.641. The number of rotatable bonds is 2. The minimum Gasteiger partial charge on any atom is -0.489 e. The zero-order valence-electron chi connectivity index (χ0n) is 18.5. The van der Waals surface area contributed by atoms with E-state index in [4.69, 9.17) is 4.74 Å². The van der Waals surface area contributed by atoms with Crippen LogP contribution in [0.15, 0.2) is 48.5 Å². The molecule has 6 nitrogen and oxygen atoms in total. The van der Waals surface area contributed by atoms with Crippen LogP contribution in [0.25, 0.3) is 33.3 Å². The summed E-state index contributed by atoms with van der Waals surface area (Å²) in [4.78, 5) is 4.70. The molecule has 0 amide bonds. The molecule has 6 rings (SSSR count). The molecule has 4 aromatic rings. The molecule has 8 heteroatoms. The van der Waals surface area contributed by atoms with Gasteiger partial charge in [0.15, 0.2) is 0 Å². The van der Waals surface area contributed by atoms with Gasteiger partial charge < -0.3 is 14.5 Å². The highest BCUT2D eigenvalue weighted by Gasteiger charge is 2.32. The van der Waals surface area contributed by atoms with Gasteiger partial charge in [0, 0.05) is 36.1 Å². The number of nitriles is 1. The lowest BCUT2D eigenvalue weighted by Gasteiger charge is -2.44. The molecule has 2 aliphatic heterocycles. The first kappa shape index (κ1) is 20.6. The minimum atomic E-state index is -0.718. The first-order valence-corrected chi connectivity index (χ1v) is 11.1. The summed E-state index contributed by atoms with van der Waals surface area (Å²) in [5, 5.41) is 17.7. The van der Waals surface area contributed by atoms with Gasteiger partial charge in [0.05, 0.1) is 34.4 Å². The van der Waals surface area contributed by atoms with E-state index in [1.54, 1.807) is 12.1 Å². The standard InChI is InChI=1S/C26H21F2N5O/c1-32-7-8-33-17(13-32)14-34-24-10-15(5-6-23(24)33)26-19-11-18(16(12-29)9-22(19)30-31-26)25-20(27)3-2-4-21(25)28/h2-6,9-11,17H,7-8,13-14H2,1H3,(H,30,31). The van der Waals surface area contributed by atoms with Crippen molar-refractivity contribution in [2.75, 3.05) is 38.2 Å². The first-order valence-electron chi connectivity index (χ1n) is 11.1. The van der Waals surface area contributed by atoms with Crippen LogP contribution in [0.4, 0.5) is 14.5 Å². The Bertz CT molecular complexity index is 1450. The third kappa shape index (κ3) is 3.20. The van der Waals surface area contributed by atoms with Crippen molar-refractivity contribution in [1.82, 2.24) is 15.1 Å². The lowest BCUT2D eigenvalue weighted by atomic mass is 9.95. The normalized spacial score (nSPS) is 17.7. The van der Waals surface area contributed by atoms with Gasteiger partial charge >= 0.3 is 0 Å². The third-order valence-electron chi connectivity index (χ3n) is 6.71. The van der Waals surface area contributed by atoms with E-state index in [9.17, 15) is 14.0 Å². The zero-order valence-corrected chi connectivity index (χ0v) is 18.5. The summed E-state index contributed by atoms with van der Waals surface area (Å²) in [6.45, 7) is 3.52. The number of hydrogen-bond donors (Lipinski definition) is 1. The van der Waals surface area contributed by atoms with Crippen LogP contribution in [-0.4, -0.2) is 54.4 Å². The number of halogens is 2. The van der Waals surface area contributed by atoms with Crippen molar-refractivity contribution in [3.63, 3.8) is 0 Å². The second kappa shape index (κ2) is 7.82. The van der Waals surface area contributed by atoms with E-state index in [0.717, 1.165) is 36.6 Å². The van der Waals surface area contributed by atoms with Gasteiger partial charge in [0.2, 0.25) is 0 Å². The molecule has 1 atom stereocenters. The molecule has 170 valence electrons. The van der Waals surface area contributed by atoms with Crippen molar-refractivity contribution < 1.29 is 13.5 Å². The zero-order chi connectivity index (χ0) is 23.4. The van der Waals surface area contributed by atoms with E-state index >= 15 is 0 Å². The lowest BCUT2D eigenvalue weighted by Crippen LogP contribution is -2.56. The van der Waals surface area contributed by atoms with Crippen molar-refractivity contribution in [2.24, 2.45) is 0 Å². The van der Waals surface area contributed by atoms with E-state index < -0.39 is 11.6 Å². The van der Waals surface area contributed by atoms with Crippen LogP contribution in [0.5, 0.6) is 5.75 Å². The average Bonchev–Trinajstić information content (AvgIpc) is 3.25. The summed E-state index contributed by atoms with van der Waals surface area (Å²) in [7, 11) is 2.12. The number of likely N-dealkylation sites (N-methyl/N-ethyl adjacent to an activating group) is 1. The molecule has 1 unspecified atom stereocenters. The number of hydrogen-bond acceptors (Lipinski definition) is 5. The van der Waals surface area contributed by atoms with Crippen molar-refractivity contribution >= 4 is 16.6 Å². The fourth-order valence-corrected chi connectivity index (χ4v) is 5.01. The van der Waals surface area contributed by atoms with Crippen molar-refractivity contribution in [1.29, 1.82) is 5.26 Å². The minimum absolute atomic E-state index is 0.168. The maximum Gasteiger partial charge on any atom is 0.143 e. The predicted molar refractivity (Wildman–Crippen MR) is 126 cm³/mol. The highest BCUT2D eigenvalue weighted by Crippen LogP contribution is 2.40. The van der Waals surface area contributed by atoms with Crippen molar-refractivity contribution in [3.05, 3.63) is 65.7 Å². The van der Waals surface area contributed by atoms with Gasteiger partial charge in [-0.1, -0.05) is 12.1 Å². The largest absolute Gasteiger partial charge is 0.489 e. The van der Waals surface area contributed by atoms with Gasteiger partial charge in [-0.3, -0.25) is 5.10 Å². The van der Waals surface area contributed by atoms with E-state index in [1.165, 1.54) is 18.2 Å². The maximum absolute atomic E-state index is 14.6. The van der Waals surface area contributed by atoms with Crippen LogP contribution in [0, 0.1) is 23.0 Å². The number of ether oxygens (including phenoxy) is 1. The molecule has 0 spiro atoms. The molecule has 0 saturated carbocycles. The molecule has 1 saturated heterocycles. The Balaban J connectivity index is 1.46. The second-order valence-electron chi connectivity index (χ2n) is 8.83. The maximum atomic E-state index is 14.6. The van der Waals surface area contributed by atoms with Gasteiger partial charge in [-0.25, -0.2) is 8.78 Å². The number of fused-ring (bicyclic) bond motifs is 4. The van der Waals surface area contributed by atoms with Crippen LogP contribution in [0.1, 0.15) is 5.56 Å². The van der Waals surface area contributed by atoms with Gasteiger partial charge in [-0.15, -0.1) is 0 Å². The number of anilines is 1. The fourth-order valence-electron chi connectivity index (χ4n) is 5.01. The quantitative estimate of drug-likeness (QED) is 0.478.